The van der Waals surface area contributed by atoms with Gasteiger partial charge in [-0.3, -0.25) is 9.78 Å². The fourth-order valence-electron chi connectivity index (χ4n) is 6.74. The average Bonchev–Trinajstić information content (AvgIpc) is 3.58. The summed E-state index contributed by atoms with van der Waals surface area (Å²) in [5, 5.41) is 23.5. The number of pyridine rings is 1. The van der Waals surface area contributed by atoms with E-state index in [9.17, 15) is 9.90 Å². The molecule has 0 spiro atoms. The van der Waals surface area contributed by atoms with Gasteiger partial charge in [0.25, 0.3) is 0 Å². The monoisotopic (exact) mass is 588 g/mol. The maximum atomic E-state index is 11.8. The van der Waals surface area contributed by atoms with Crippen LogP contribution in [-0.2, 0) is 11.3 Å². The predicted octanol–water partition coefficient (Wildman–Crippen LogP) is 5.69. The highest BCUT2D eigenvalue weighted by molar-refractivity contribution is 6.02. The Morgan fingerprint density at radius 1 is 1.11 bits per heavy atom. The first-order valence-electron chi connectivity index (χ1n) is 15.3. The van der Waals surface area contributed by atoms with Gasteiger partial charge in [0.15, 0.2) is 5.65 Å². The third-order valence-corrected chi connectivity index (χ3v) is 8.87. The molecule has 2 saturated heterocycles. The molecule has 3 aromatic heterocycles. The van der Waals surface area contributed by atoms with Crippen molar-refractivity contribution in [1.82, 2.24) is 24.6 Å². The van der Waals surface area contributed by atoms with Crippen molar-refractivity contribution in [2.75, 3.05) is 15.5 Å². The Labute approximate surface area is 255 Å². The van der Waals surface area contributed by atoms with Crippen molar-refractivity contribution in [3.63, 3.8) is 0 Å². The summed E-state index contributed by atoms with van der Waals surface area (Å²) in [5.74, 6) is 1.34. The normalized spacial score (nSPS) is 19.5. The lowest BCUT2D eigenvalue weighted by atomic mass is 9.99. The molecule has 2 bridgehead atoms. The van der Waals surface area contributed by atoms with E-state index in [4.69, 9.17) is 15.0 Å². The van der Waals surface area contributed by atoms with Crippen molar-refractivity contribution in [2.45, 2.75) is 70.2 Å². The average molecular weight is 589 g/mol. The van der Waals surface area contributed by atoms with Gasteiger partial charge in [-0.25, -0.2) is 0 Å². The number of aliphatic hydroxyl groups is 1. The molecule has 2 fully saturated rings. The van der Waals surface area contributed by atoms with Gasteiger partial charge in [0.2, 0.25) is 17.8 Å². The van der Waals surface area contributed by atoms with E-state index in [-0.39, 0.29) is 30.0 Å². The summed E-state index contributed by atoms with van der Waals surface area (Å²) < 4.78 is 1.80. The zero-order valence-electron chi connectivity index (χ0n) is 24.9. The highest BCUT2D eigenvalue weighted by atomic mass is 16.3. The van der Waals surface area contributed by atoms with Crippen LogP contribution in [0, 0.1) is 0 Å². The summed E-state index contributed by atoms with van der Waals surface area (Å²) >= 11 is 0. The first kappa shape index (κ1) is 28.0. The maximum Gasteiger partial charge on any atom is 0.247 e. The molecule has 0 radical (unpaired) electrons. The number of nitrogens with zero attached hydrogens (tertiary/aromatic N) is 6. The van der Waals surface area contributed by atoms with E-state index in [0.29, 0.717) is 24.1 Å². The highest BCUT2D eigenvalue weighted by Crippen LogP contribution is 2.39. The molecule has 1 amide bonds. The van der Waals surface area contributed by atoms with Crippen LogP contribution in [0.4, 0.5) is 17.6 Å². The van der Waals surface area contributed by atoms with Crippen molar-refractivity contribution in [1.29, 1.82) is 0 Å². The lowest BCUT2D eigenvalue weighted by Crippen LogP contribution is -2.45. The molecule has 0 aliphatic carbocycles. The van der Waals surface area contributed by atoms with Crippen LogP contribution in [0.3, 0.4) is 0 Å². The summed E-state index contributed by atoms with van der Waals surface area (Å²) in [5.41, 5.74) is 5.51. The molecule has 3 N–H and O–H groups in total. The summed E-state index contributed by atoms with van der Waals surface area (Å²) in [7, 11) is 0. The molecule has 2 aromatic carbocycles. The smallest absolute Gasteiger partial charge is 0.247 e. The van der Waals surface area contributed by atoms with Crippen molar-refractivity contribution in [2.24, 2.45) is 0 Å². The molecule has 10 nitrogen and oxygen atoms in total. The van der Waals surface area contributed by atoms with Gasteiger partial charge in [-0.15, -0.1) is 0 Å². The van der Waals surface area contributed by atoms with Gasteiger partial charge in [0.1, 0.15) is 0 Å². The summed E-state index contributed by atoms with van der Waals surface area (Å²) in [6, 6.07) is 16.5. The Hall–Kier alpha value is -4.83. The van der Waals surface area contributed by atoms with E-state index in [1.54, 1.807) is 10.7 Å². The third-order valence-electron chi connectivity index (χ3n) is 8.87. The topological polar surface area (TPSA) is 121 Å². The largest absolute Gasteiger partial charge is 0.393 e. The number of benzene rings is 2. The first-order chi connectivity index (χ1) is 21.4. The molecule has 2 atom stereocenters. The first-order valence-corrected chi connectivity index (χ1v) is 15.3. The second-order valence-electron chi connectivity index (χ2n) is 12.1. The molecular formula is C34H36N8O2. The van der Waals surface area contributed by atoms with Gasteiger partial charge in [-0.1, -0.05) is 50.8 Å². The Balaban J connectivity index is 1.24. The number of carbonyl (C=O) groups excluding carboxylic acids is 1. The van der Waals surface area contributed by atoms with Gasteiger partial charge >= 0.3 is 0 Å². The number of nitrogens with one attached hydrogen (secondary N) is 2. The molecular weight excluding hydrogens is 552 g/mol. The molecule has 44 heavy (non-hydrogen) atoms. The summed E-state index contributed by atoms with van der Waals surface area (Å²) in [6.45, 7) is 8.33. The molecule has 2 aliphatic heterocycles. The van der Waals surface area contributed by atoms with E-state index in [0.717, 1.165) is 64.5 Å². The lowest BCUT2D eigenvalue weighted by molar-refractivity contribution is -0.111. The summed E-state index contributed by atoms with van der Waals surface area (Å²) in [6.07, 6.45) is 8.26. The van der Waals surface area contributed by atoms with Crippen LogP contribution in [0.15, 0.2) is 73.6 Å². The van der Waals surface area contributed by atoms with Gasteiger partial charge in [0, 0.05) is 47.0 Å². The quantitative estimate of drug-likeness (QED) is 0.198. The van der Waals surface area contributed by atoms with Gasteiger partial charge in [-0.2, -0.15) is 19.6 Å². The van der Waals surface area contributed by atoms with Crippen molar-refractivity contribution in [3.05, 3.63) is 84.7 Å². The van der Waals surface area contributed by atoms with Gasteiger partial charge in [-0.05, 0) is 66.8 Å². The maximum absolute atomic E-state index is 11.8. The molecule has 0 saturated carbocycles. The zero-order chi connectivity index (χ0) is 30.4. The molecule has 5 heterocycles. The molecule has 2 aliphatic rings. The molecule has 7 rings (SSSR count). The van der Waals surface area contributed by atoms with Crippen molar-refractivity contribution >= 4 is 39.9 Å². The zero-order valence-corrected chi connectivity index (χ0v) is 24.9. The Bertz CT molecular complexity index is 1870. The number of carbonyl (C=O) groups is 1. The number of aliphatic hydroxyl groups excluding tert-OH is 1. The van der Waals surface area contributed by atoms with Crippen LogP contribution < -0.4 is 15.5 Å². The van der Waals surface area contributed by atoms with Crippen LogP contribution >= 0.6 is 0 Å². The third kappa shape index (κ3) is 5.05. The van der Waals surface area contributed by atoms with E-state index >= 15 is 0 Å². The molecule has 2 unspecified atom stereocenters. The fourth-order valence-corrected chi connectivity index (χ4v) is 6.74. The van der Waals surface area contributed by atoms with E-state index < -0.39 is 0 Å². The molecule has 224 valence electrons. The number of anilines is 3. The second kappa shape index (κ2) is 11.3. The van der Waals surface area contributed by atoms with Gasteiger partial charge in [0.05, 0.1) is 18.0 Å². The number of piperidine rings is 1. The lowest BCUT2D eigenvalue weighted by Gasteiger charge is -2.37. The number of hydrogen-bond acceptors (Lipinski definition) is 8. The number of amides is 1. The van der Waals surface area contributed by atoms with E-state index in [1.165, 1.54) is 6.08 Å². The van der Waals surface area contributed by atoms with Crippen molar-refractivity contribution in [3.8, 4) is 11.3 Å². The minimum Gasteiger partial charge on any atom is -0.393 e. The van der Waals surface area contributed by atoms with Crippen LogP contribution in [0.25, 0.3) is 27.7 Å². The van der Waals surface area contributed by atoms with E-state index in [1.807, 2.05) is 42.6 Å². The second-order valence-corrected chi connectivity index (χ2v) is 12.1. The minimum atomic E-state index is -0.261. The standard InChI is InChI=1S/C34H36N8O2/c1-4-30(44)38-23-9-12-28-21(15-23)13-14-35-31(28)27-8-6-5-7-22(27)18-36-33-40-34(39-32-29(20(2)3)19-37-42(32)33)41-24-10-11-25(41)17-26(43)16-24/h4-9,12-15,19-20,24-26,43H,1,10-11,16-18H2,2-3H3,(H,38,44)(H,36,39,40). The Kier molecular flexibility index (Phi) is 7.21. The number of aromatic nitrogens is 5. The van der Waals surface area contributed by atoms with E-state index in [2.05, 4.69) is 53.2 Å². The predicted molar refractivity (Wildman–Crippen MR) is 173 cm³/mol. The SMILES string of the molecule is C=CC(=O)Nc1ccc2c(-c3ccccc3CNc3nc(N4C5CCC4CC(O)C5)nc4c(C(C)C)cnn34)nccc2c1. The summed E-state index contributed by atoms with van der Waals surface area (Å²) in [4.78, 5) is 29.0. The van der Waals surface area contributed by atoms with Crippen LogP contribution in [0.2, 0.25) is 0 Å². The molecule has 5 aromatic rings. The number of hydrogen-bond donors (Lipinski definition) is 3. The van der Waals surface area contributed by atoms with Crippen LogP contribution in [0.5, 0.6) is 0 Å². The highest BCUT2D eigenvalue weighted by Gasteiger charge is 2.42. The Morgan fingerprint density at radius 2 is 1.91 bits per heavy atom. The van der Waals surface area contributed by atoms with Crippen LogP contribution in [-0.4, -0.2) is 53.8 Å². The molecule has 10 heteroatoms. The van der Waals surface area contributed by atoms with Crippen molar-refractivity contribution < 1.29 is 9.90 Å². The van der Waals surface area contributed by atoms with Gasteiger partial charge < -0.3 is 20.6 Å². The number of fused-ring (bicyclic) bond motifs is 4. The minimum absolute atomic E-state index is 0.244. The number of rotatable bonds is 8. The fraction of sp³-hybridized carbons (Fsp3) is 0.324. The Morgan fingerprint density at radius 3 is 2.68 bits per heavy atom. The van der Waals surface area contributed by atoms with Crippen LogP contribution in [0.1, 0.15) is 56.6 Å².